The first-order chi connectivity index (χ1) is 12.0. The number of nitrogens with two attached hydrogens (primary N) is 1. The van der Waals surface area contributed by atoms with Gasteiger partial charge in [0.25, 0.3) is 5.56 Å². The molecule has 0 unspecified atom stereocenters. The molecule has 142 valence electrons. The highest BCUT2D eigenvalue weighted by Gasteiger charge is 2.33. The van der Waals surface area contributed by atoms with Crippen LogP contribution in [0.4, 0.5) is 10.1 Å². The minimum absolute atomic E-state index is 0. The Morgan fingerprint density at radius 2 is 1.81 bits per heavy atom. The number of amides is 1. The summed E-state index contributed by atoms with van der Waals surface area (Å²) in [5.74, 6) is -0.564. The summed E-state index contributed by atoms with van der Waals surface area (Å²) >= 11 is 0. The number of rotatable bonds is 7. The van der Waals surface area contributed by atoms with Crippen molar-refractivity contribution in [1.29, 1.82) is 0 Å². The molecule has 3 N–H and O–H groups in total. The smallest absolute Gasteiger partial charge is 0.274 e. The Morgan fingerprint density at radius 1 is 1.19 bits per heavy atom. The topological polar surface area (TPSA) is 77.1 Å². The van der Waals surface area contributed by atoms with Gasteiger partial charge in [-0.2, -0.15) is 0 Å². The average molecular weight is 382 g/mol. The molecule has 0 aliphatic carbocycles. The molecule has 0 radical (unpaired) electrons. The van der Waals surface area contributed by atoms with E-state index in [0.717, 1.165) is 5.56 Å². The number of nitrogens with zero attached hydrogens (tertiary/aromatic N) is 1. The third-order valence-corrected chi connectivity index (χ3v) is 4.76. The van der Waals surface area contributed by atoms with Crippen molar-refractivity contribution in [2.24, 2.45) is 11.1 Å². The number of nitrogens with one attached hydrogen (secondary N) is 1. The van der Waals surface area contributed by atoms with Crippen LogP contribution >= 0.6 is 12.4 Å². The van der Waals surface area contributed by atoms with Gasteiger partial charge in [-0.05, 0) is 42.7 Å². The summed E-state index contributed by atoms with van der Waals surface area (Å²) in [5.41, 5.74) is 5.82. The SMILES string of the molecule is CCC(CC)(CN)C(=O)Nc1cccn(Cc2ccc(F)cc2)c1=O.Cl. The van der Waals surface area contributed by atoms with Crippen LogP contribution in [-0.2, 0) is 11.3 Å². The number of anilines is 1. The lowest BCUT2D eigenvalue weighted by Gasteiger charge is -2.28. The van der Waals surface area contributed by atoms with Crippen molar-refractivity contribution < 1.29 is 9.18 Å². The molecule has 5 nitrogen and oxygen atoms in total. The highest BCUT2D eigenvalue weighted by molar-refractivity contribution is 5.95. The second-order valence-electron chi connectivity index (χ2n) is 6.13. The van der Waals surface area contributed by atoms with Crippen LogP contribution in [0.1, 0.15) is 32.3 Å². The van der Waals surface area contributed by atoms with Crippen molar-refractivity contribution >= 4 is 24.0 Å². The van der Waals surface area contributed by atoms with Crippen LogP contribution in [0.25, 0.3) is 0 Å². The second kappa shape index (κ2) is 9.50. The van der Waals surface area contributed by atoms with Crippen LogP contribution in [0.5, 0.6) is 0 Å². The molecule has 0 aliphatic heterocycles. The van der Waals surface area contributed by atoms with Crippen LogP contribution in [-0.4, -0.2) is 17.0 Å². The Balaban J connectivity index is 0.00000338. The number of pyridine rings is 1. The van der Waals surface area contributed by atoms with E-state index in [1.54, 1.807) is 30.5 Å². The zero-order valence-corrected chi connectivity index (χ0v) is 15.8. The molecule has 0 fully saturated rings. The molecule has 0 atom stereocenters. The van der Waals surface area contributed by atoms with Gasteiger partial charge in [-0.25, -0.2) is 4.39 Å². The molecule has 0 saturated heterocycles. The molecule has 2 aromatic rings. The van der Waals surface area contributed by atoms with Gasteiger partial charge in [0, 0.05) is 12.7 Å². The molecule has 0 bridgehead atoms. The third kappa shape index (κ3) is 4.71. The third-order valence-electron chi connectivity index (χ3n) is 4.76. The minimum Gasteiger partial charge on any atom is -0.329 e. The van der Waals surface area contributed by atoms with Crippen molar-refractivity contribution in [3.63, 3.8) is 0 Å². The monoisotopic (exact) mass is 381 g/mol. The van der Waals surface area contributed by atoms with Gasteiger partial charge in [0.1, 0.15) is 11.5 Å². The number of aromatic nitrogens is 1. The number of hydrogen-bond donors (Lipinski definition) is 2. The van der Waals surface area contributed by atoms with Crippen molar-refractivity contribution in [3.8, 4) is 0 Å². The van der Waals surface area contributed by atoms with E-state index >= 15 is 0 Å². The predicted molar refractivity (Wildman–Crippen MR) is 104 cm³/mol. The lowest BCUT2D eigenvalue weighted by Crippen LogP contribution is -2.42. The maximum atomic E-state index is 13.0. The Kier molecular flexibility index (Phi) is 7.99. The number of carbonyl (C=O) groups is 1. The van der Waals surface area contributed by atoms with Gasteiger partial charge in [-0.1, -0.05) is 26.0 Å². The summed E-state index contributed by atoms with van der Waals surface area (Å²) in [6.45, 7) is 4.34. The molecule has 1 aromatic heterocycles. The molecule has 0 spiro atoms. The van der Waals surface area contributed by atoms with Crippen molar-refractivity contribution in [1.82, 2.24) is 4.57 Å². The summed E-state index contributed by atoms with van der Waals surface area (Å²) in [6, 6.07) is 9.23. The molecule has 1 amide bonds. The first-order valence-corrected chi connectivity index (χ1v) is 8.41. The van der Waals surface area contributed by atoms with Crippen molar-refractivity contribution in [3.05, 3.63) is 64.3 Å². The first kappa shape index (κ1) is 21.9. The average Bonchev–Trinajstić information content (AvgIpc) is 2.62. The number of benzene rings is 1. The zero-order valence-electron chi connectivity index (χ0n) is 15.0. The van der Waals surface area contributed by atoms with Gasteiger partial charge in [0.2, 0.25) is 5.91 Å². The fourth-order valence-corrected chi connectivity index (χ4v) is 2.75. The highest BCUT2D eigenvalue weighted by Crippen LogP contribution is 2.26. The normalized spacial score (nSPS) is 10.9. The fraction of sp³-hybridized carbons (Fsp3) is 0.368. The van der Waals surface area contributed by atoms with Gasteiger partial charge in [0.05, 0.1) is 12.0 Å². The zero-order chi connectivity index (χ0) is 18.4. The van der Waals surface area contributed by atoms with E-state index in [1.165, 1.54) is 16.7 Å². The highest BCUT2D eigenvalue weighted by atomic mass is 35.5. The summed E-state index contributed by atoms with van der Waals surface area (Å²) < 4.78 is 14.5. The van der Waals surface area contributed by atoms with Gasteiger partial charge < -0.3 is 15.6 Å². The summed E-state index contributed by atoms with van der Waals surface area (Å²) in [6.07, 6.45) is 2.84. The molecule has 0 saturated carbocycles. The molecule has 26 heavy (non-hydrogen) atoms. The molecular weight excluding hydrogens is 357 g/mol. The van der Waals surface area contributed by atoms with E-state index in [-0.39, 0.29) is 41.9 Å². The van der Waals surface area contributed by atoms with E-state index in [0.29, 0.717) is 19.4 Å². The Hall–Kier alpha value is -2.18. The van der Waals surface area contributed by atoms with Gasteiger partial charge >= 0.3 is 0 Å². The summed E-state index contributed by atoms with van der Waals surface area (Å²) in [7, 11) is 0. The van der Waals surface area contributed by atoms with Gasteiger partial charge in [-0.3, -0.25) is 9.59 Å². The maximum absolute atomic E-state index is 13.0. The quantitative estimate of drug-likeness (QED) is 0.773. The fourth-order valence-electron chi connectivity index (χ4n) is 2.75. The van der Waals surface area contributed by atoms with Crippen LogP contribution < -0.4 is 16.6 Å². The Morgan fingerprint density at radius 3 is 2.35 bits per heavy atom. The van der Waals surface area contributed by atoms with Crippen LogP contribution in [0.2, 0.25) is 0 Å². The minimum atomic E-state index is -0.677. The van der Waals surface area contributed by atoms with E-state index in [4.69, 9.17) is 5.73 Å². The van der Waals surface area contributed by atoms with Crippen LogP contribution in [0, 0.1) is 11.2 Å². The second-order valence-corrected chi connectivity index (χ2v) is 6.13. The van der Waals surface area contributed by atoms with Crippen molar-refractivity contribution in [2.45, 2.75) is 33.2 Å². The summed E-state index contributed by atoms with van der Waals surface area (Å²) in [4.78, 5) is 25.2. The maximum Gasteiger partial charge on any atom is 0.274 e. The molecule has 7 heteroatoms. The largest absolute Gasteiger partial charge is 0.329 e. The van der Waals surface area contributed by atoms with Crippen LogP contribution in [0.3, 0.4) is 0 Å². The molecule has 2 rings (SSSR count). The first-order valence-electron chi connectivity index (χ1n) is 8.41. The standard InChI is InChI=1S/C19H24FN3O2.ClH/c1-3-19(4-2,13-21)18(25)22-16-6-5-11-23(17(16)24)12-14-7-9-15(20)10-8-14;/h5-11H,3-4,12-13,21H2,1-2H3,(H,22,25);1H. The molecule has 0 aliphatic rings. The summed E-state index contributed by atoms with van der Waals surface area (Å²) in [5, 5.41) is 2.73. The van der Waals surface area contributed by atoms with E-state index in [2.05, 4.69) is 5.32 Å². The van der Waals surface area contributed by atoms with E-state index in [9.17, 15) is 14.0 Å². The van der Waals surface area contributed by atoms with E-state index < -0.39 is 5.41 Å². The number of halogens is 2. The molecule has 1 heterocycles. The van der Waals surface area contributed by atoms with Crippen molar-refractivity contribution in [2.75, 3.05) is 11.9 Å². The van der Waals surface area contributed by atoms with Crippen LogP contribution in [0.15, 0.2) is 47.4 Å². The van der Waals surface area contributed by atoms with Gasteiger partial charge in [-0.15, -0.1) is 12.4 Å². The lowest BCUT2D eigenvalue weighted by atomic mass is 9.81. The predicted octanol–water partition coefficient (Wildman–Crippen LogP) is 3.16. The molecule has 1 aromatic carbocycles. The molecular formula is C19H25ClFN3O2. The van der Waals surface area contributed by atoms with E-state index in [1.807, 2.05) is 13.8 Å². The van der Waals surface area contributed by atoms with Gasteiger partial charge in [0.15, 0.2) is 0 Å². The number of carbonyl (C=O) groups excluding carboxylic acids is 1. The Labute approximate surface area is 158 Å². The Bertz CT molecular complexity index is 778. The number of hydrogen-bond acceptors (Lipinski definition) is 3. The lowest BCUT2D eigenvalue weighted by molar-refractivity contribution is -0.125.